The van der Waals surface area contributed by atoms with Crippen LogP contribution in [0.2, 0.25) is 5.02 Å². The van der Waals surface area contributed by atoms with E-state index in [-0.39, 0.29) is 6.54 Å². The molecule has 2 rings (SSSR count). The third-order valence-electron chi connectivity index (χ3n) is 3.91. The van der Waals surface area contributed by atoms with Crippen molar-refractivity contribution in [3.63, 3.8) is 0 Å². The van der Waals surface area contributed by atoms with Gasteiger partial charge in [0.25, 0.3) is 5.91 Å². The Labute approximate surface area is 167 Å². The summed E-state index contributed by atoms with van der Waals surface area (Å²) >= 11 is 6.20. The zero-order chi connectivity index (χ0) is 20.7. The Morgan fingerprint density at radius 1 is 1.29 bits per heavy atom. The van der Waals surface area contributed by atoms with E-state index in [0.29, 0.717) is 11.6 Å². The molecule has 148 valence electrons. The van der Waals surface area contributed by atoms with E-state index < -0.39 is 24.4 Å². The van der Waals surface area contributed by atoms with Crippen molar-refractivity contribution in [2.75, 3.05) is 13.2 Å². The lowest BCUT2D eigenvalue weighted by Gasteiger charge is -2.06. The molecule has 9 heteroatoms. The molecule has 0 aliphatic heterocycles. The highest BCUT2D eigenvalue weighted by Gasteiger charge is 2.12. The Bertz CT molecular complexity index is 921. The maximum atomic E-state index is 11.8. The fraction of sp³-hybridized carbons (Fsp3) is 0.263. The van der Waals surface area contributed by atoms with E-state index in [2.05, 4.69) is 10.4 Å². The molecule has 0 radical (unpaired) electrons. The SMILES string of the molecule is Cc1nn(Cc2ccccc2Cl)c(C)c1/C=C/C(=O)OCC(=O)NCC(N)=O. The molecule has 1 aromatic carbocycles. The van der Waals surface area contributed by atoms with E-state index in [9.17, 15) is 14.4 Å². The zero-order valence-corrected chi connectivity index (χ0v) is 16.3. The number of carbonyl (C=O) groups excluding carboxylic acids is 3. The summed E-state index contributed by atoms with van der Waals surface area (Å²) in [5.41, 5.74) is 8.23. The van der Waals surface area contributed by atoms with Gasteiger partial charge in [0, 0.05) is 22.4 Å². The number of primary amides is 1. The van der Waals surface area contributed by atoms with Gasteiger partial charge in [-0.25, -0.2) is 4.79 Å². The molecule has 0 saturated heterocycles. The van der Waals surface area contributed by atoms with Crippen molar-refractivity contribution in [2.45, 2.75) is 20.4 Å². The number of benzene rings is 1. The molecule has 0 fully saturated rings. The summed E-state index contributed by atoms with van der Waals surface area (Å²) in [7, 11) is 0. The van der Waals surface area contributed by atoms with Gasteiger partial charge in [-0.3, -0.25) is 14.3 Å². The number of rotatable bonds is 8. The van der Waals surface area contributed by atoms with Crippen molar-refractivity contribution < 1.29 is 19.1 Å². The highest BCUT2D eigenvalue weighted by atomic mass is 35.5. The van der Waals surface area contributed by atoms with Gasteiger partial charge in [0.05, 0.1) is 18.8 Å². The van der Waals surface area contributed by atoms with Crippen molar-refractivity contribution in [2.24, 2.45) is 5.73 Å². The van der Waals surface area contributed by atoms with Crippen LogP contribution in [0.15, 0.2) is 30.3 Å². The maximum Gasteiger partial charge on any atom is 0.331 e. The molecule has 0 aliphatic carbocycles. The summed E-state index contributed by atoms with van der Waals surface area (Å²) in [5.74, 6) is -1.98. The molecule has 1 heterocycles. The minimum Gasteiger partial charge on any atom is -0.452 e. The lowest BCUT2D eigenvalue weighted by molar-refractivity contribution is -0.143. The van der Waals surface area contributed by atoms with Crippen LogP contribution in [0.5, 0.6) is 0 Å². The number of hydrogen-bond donors (Lipinski definition) is 2. The van der Waals surface area contributed by atoms with E-state index in [1.807, 2.05) is 38.1 Å². The van der Waals surface area contributed by atoms with Crippen LogP contribution in [0.1, 0.15) is 22.5 Å². The second-order valence-electron chi connectivity index (χ2n) is 6.02. The van der Waals surface area contributed by atoms with Gasteiger partial charge in [0.2, 0.25) is 5.91 Å². The Hall–Kier alpha value is -3.13. The van der Waals surface area contributed by atoms with Crippen LogP contribution in [0.4, 0.5) is 0 Å². The number of aryl methyl sites for hydroxylation is 1. The summed E-state index contributed by atoms with van der Waals surface area (Å²) in [4.78, 5) is 33.8. The smallest absolute Gasteiger partial charge is 0.331 e. The zero-order valence-electron chi connectivity index (χ0n) is 15.6. The van der Waals surface area contributed by atoms with Gasteiger partial charge >= 0.3 is 5.97 Å². The number of halogens is 1. The number of ether oxygens (including phenoxy) is 1. The molecule has 1 aromatic heterocycles. The summed E-state index contributed by atoms with van der Waals surface area (Å²) < 4.78 is 6.63. The number of aromatic nitrogens is 2. The normalized spacial score (nSPS) is 10.8. The highest BCUT2D eigenvalue weighted by Crippen LogP contribution is 2.20. The van der Waals surface area contributed by atoms with Crippen LogP contribution < -0.4 is 11.1 Å². The quantitative estimate of drug-likeness (QED) is 0.509. The van der Waals surface area contributed by atoms with Crippen molar-refractivity contribution >= 4 is 35.5 Å². The van der Waals surface area contributed by atoms with E-state index in [0.717, 1.165) is 22.5 Å². The second kappa shape index (κ2) is 9.70. The lowest BCUT2D eigenvalue weighted by atomic mass is 10.1. The highest BCUT2D eigenvalue weighted by molar-refractivity contribution is 6.31. The van der Waals surface area contributed by atoms with Gasteiger partial charge in [0.15, 0.2) is 6.61 Å². The molecule has 0 atom stereocenters. The first-order valence-corrected chi connectivity index (χ1v) is 8.83. The molecule has 3 N–H and O–H groups in total. The first-order valence-electron chi connectivity index (χ1n) is 8.45. The first kappa shape index (κ1) is 21.2. The largest absolute Gasteiger partial charge is 0.452 e. The van der Waals surface area contributed by atoms with Crippen molar-refractivity contribution in [1.29, 1.82) is 0 Å². The molecule has 0 unspecified atom stereocenters. The van der Waals surface area contributed by atoms with Gasteiger partial charge in [-0.2, -0.15) is 5.10 Å². The molecule has 2 aromatic rings. The monoisotopic (exact) mass is 404 g/mol. The molecule has 0 bridgehead atoms. The number of esters is 1. The van der Waals surface area contributed by atoms with E-state index in [4.69, 9.17) is 22.1 Å². The van der Waals surface area contributed by atoms with E-state index in [1.54, 1.807) is 10.8 Å². The summed E-state index contributed by atoms with van der Waals surface area (Å²) in [6.45, 7) is 3.41. The first-order chi connectivity index (χ1) is 13.3. The minimum atomic E-state index is -0.688. The molecular formula is C19H21ClN4O4. The molecule has 2 amide bonds. The summed E-state index contributed by atoms with van der Waals surface area (Å²) in [5, 5.41) is 7.37. The molecule has 8 nitrogen and oxygen atoms in total. The van der Waals surface area contributed by atoms with E-state index in [1.165, 1.54) is 6.08 Å². The van der Waals surface area contributed by atoms with Crippen molar-refractivity contribution in [1.82, 2.24) is 15.1 Å². The van der Waals surface area contributed by atoms with Crippen LogP contribution in [-0.2, 0) is 25.7 Å². The van der Waals surface area contributed by atoms with Gasteiger partial charge in [-0.15, -0.1) is 0 Å². The van der Waals surface area contributed by atoms with Crippen LogP contribution >= 0.6 is 11.6 Å². The maximum absolute atomic E-state index is 11.8. The Morgan fingerprint density at radius 2 is 2.00 bits per heavy atom. The third kappa shape index (κ3) is 5.95. The minimum absolute atomic E-state index is 0.310. The van der Waals surface area contributed by atoms with Gasteiger partial charge in [-0.1, -0.05) is 29.8 Å². The topological polar surface area (TPSA) is 116 Å². The molecular weight excluding hydrogens is 384 g/mol. The molecule has 28 heavy (non-hydrogen) atoms. The predicted octanol–water partition coefficient (Wildman–Crippen LogP) is 1.36. The van der Waals surface area contributed by atoms with Crippen molar-refractivity contribution in [3.05, 3.63) is 57.9 Å². The van der Waals surface area contributed by atoms with E-state index >= 15 is 0 Å². The average molecular weight is 405 g/mol. The lowest BCUT2D eigenvalue weighted by Crippen LogP contribution is -2.35. The summed E-state index contributed by atoms with van der Waals surface area (Å²) in [6, 6.07) is 7.51. The average Bonchev–Trinajstić information content (AvgIpc) is 2.91. The standard InChI is InChI=1S/C19H21ClN4O4/c1-12-15(7-8-19(27)28-11-18(26)22-9-17(21)25)13(2)24(23-12)10-14-5-3-4-6-16(14)20/h3-8H,9-11H2,1-2H3,(H2,21,25)(H,22,26)/b8-7+. The molecule has 0 saturated carbocycles. The Kier molecular flexibility index (Phi) is 7.34. The van der Waals surface area contributed by atoms with Crippen molar-refractivity contribution in [3.8, 4) is 0 Å². The number of nitrogens with zero attached hydrogens (tertiary/aromatic N) is 2. The number of nitrogens with two attached hydrogens (primary N) is 1. The number of carbonyl (C=O) groups is 3. The summed E-state index contributed by atoms with van der Waals surface area (Å²) in [6.07, 6.45) is 2.81. The Balaban J connectivity index is 1.99. The molecule has 0 aliphatic rings. The Morgan fingerprint density at radius 3 is 2.68 bits per heavy atom. The van der Waals surface area contributed by atoms with Crippen LogP contribution in [-0.4, -0.2) is 40.7 Å². The fourth-order valence-corrected chi connectivity index (χ4v) is 2.66. The van der Waals surface area contributed by atoms with Crippen LogP contribution in [0.3, 0.4) is 0 Å². The number of amides is 2. The fourth-order valence-electron chi connectivity index (χ4n) is 2.47. The number of hydrogen-bond acceptors (Lipinski definition) is 5. The second-order valence-corrected chi connectivity index (χ2v) is 6.42. The third-order valence-corrected chi connectivity index (χ3v) is 4.28. The van der Waals surface area contributed by atoms with Crippen LogP contribution in [0, 0.1) is 13.8 Å². The molecule has 0 spiro atoms. The van der Waals surface area contributed by atoms with Gasteiger partial charge < -0.3 is 15.8 Å². The van der Waals surface area contributed by atoms with Gasteiger partial charge in [-0.05, 0) is 31.6 Å². The predicted molar refractivity (Wildman–Crippen MR) is 104 cm³/mol. The number of nitrogens with one attached hydrogen (secondary N) is 1. The van der Waals surface area contributed by atoms with Gasteiger partial charge in [0.1, 0.15) is 0 Å². The van der Waals surface area contributed by atoms with Crippen LogP contribution in [0.25, 0.3) is 6.08 Å².